The van der Waals surface area contributed by atoms with E-state index in [9.17, 15) is 18.0 Å². The fourth-order valence-corrected chi connectivity index (χ4v) is 2.61. The summed E-state index contributed by atoms with van der Waals surface area (Å²) in [6, 6.07) is 10.1. The molecule has 142 valence electrons. The van der Waals surface area contributed by atoms with Crippen LogP contribution in [0.2, 0.25) is 0 Å². The van der Waals surface area contributed by atoms with Crippen molar-refractivity contribution in [3.05, 3.63) is 59.5 Å². The molecule has 5 nitrogen and oxygen atoms in total. The number of ether oxygens (including phenoxy) is 1. The number of alkyl halides is 3. The van der Waals surface area contributed by atoms with E-state index in [1.54, 1.807) is 13.0 Å². The smallest absolute Gasteiger partial charge is 0.422 e. The number of carbonyl (C=O) groups is 1. The normalized spacial score (nSPS) is 12.8. The number of rotatable bonds is 5. The van der Waals surface area contributed by atoms with Crippen molar-refractivity contribution in [3.63, 3.8) is 0 Å². The van der Waals surface area contributed by atoms with Crippen LogP contribution >= 0.6 is 0 Å². The van der Waals surface area contributed by atoms with Crippen LogP contribution in [0.25, 0.3) is 10.9 Å². The standard InChI is InChI=1S/C19H18F3N3O2/c1-11-3-4-13-8-17(25-16(13)7-11)18(26)24-12(2)15-6-5-14(9-23-15)27-10-19(20,21)22/h3-9,12,25H,10H2,1-2H3,(H,24,26). The Bertz CT molecular complexity index is 949. The number of aromatic amines is 1. The van der Waals surface area contributed by atoms with Gasteiger partial charge in [-0.05, 0) is 43.7 Å². The average molecular weight is 377 g/mol. The van der Waals surface area contributed by atoms with Crippen LogP contribution in [-0.2, 0) is 0 Å². The van der Waals surface area contributed by atoms with E-state index in [4.69, 9.17) is 0 Å². The quantitative estimate of drug-likeness (QED) is 0.697. The molecule has 1 unspecified atom stereocenters. The fourth-order valence-electron chi connectivity index (χ4n) is 2.61. The molecule has 27 heavy (non-hydrogen) atoms. The Hall–Kier alpha value is -3.03. The molecule has 1 aromatic carbocycles. The summed E-state index contributed by atoms with van der Waals surface area (Å²) in [4.78, 5) is 19.6. The first-order chi connectivity index (χ1) is 12.7. The van der Waals surface area contributed by atoms with Gasteiger partial charge < -0.3 is 15.0 Å². The monoisotopic (exact) mass is 377 g/mol. The van der Waals surface area contributed by atoms with Gasteiger partial charge in [0.1, 0.15) is 11.4 Å². The van der Waals surface area contributed by atoms with Gasteiger partial charge in [-0.1, -0.05) is 12.1 Å². The van der Waals surface area contributed by atoms with E-state index in [1.165, 1.54) is 18.3 Å². The SMILES string of the molecule is Cc1ccc2cc(C(=O)NC(C)c3ccc(OCC(F)(F)F)cn3)[nH]c2c1. The maximum Gasteiger partial charge on any atom is 0.422 e. The Morgan fingerprint density at radius 2 is 2.04 bits per heavy atom. The maximum atomic E-state index is 12.4. The minimum absolute atomic E-state index is 0.0144. The highest BCUT2D eigenvalue weighted by Gasteiger charge is 2.28. The molecule has 0 saturated carbocycles. The van der Waals surface area contributed by atoms with E-state index in [2.05, 4.69) is 20.0 Å². The lowest BCUT2D eigenvalue weighted by Crippen LogP contribution is -2.27. The second-order valence-corrected chi connectivity index (χ2v) is 6.29. The molecule has 0 bridgehead atoms. The zero-order valence-corrected chi connectivity index (χ0v) is 14.7. The van der Waals surface area contributed by atoms with Crippen molar-refractivity contribution in [1.29, 1.82) is 0 Å². The third kappa shape index (κ3) is 4.78. The van der Waals surface area contributed by atoms with Gasteiger partial charge in [-0.3, -0.25) is 9.78 Å². The van der Waals surface area contributed by atoms with Crippen LogP contribution in [0.4, 0.5) is 13.2 Å². The maximum absolute atomic E-state index is 12.4. The summed E-state index contributed by atoms with van der Waals surface area (Å²) in [5.74, 6) is -0.281. The zero-order valence-electron chi connectivity index (χ0n) is 14.7. The van der Waals surface area contributed by atoms with Gasteiger partial charge in [0.2, 0.25) is 0 Å². The highest BCUT2D eigenvalue weighted by Crippen LogP contribution is 2.20. The van der Waals surface area contributed by atoms with Crippen LogP contribution in [0.5, 0.6) is 5.75 Å². The van der Waals surface area contributed by atoms with Crippen molar-refractivity contribution >= 4 is 16.8 Å². The number of hydrogen-bond donors (Lipinski definition) is 2. The minimum atomic E-state index is -4.40. The van der Waals surface area contributed by atoms with E-state index in [0.29, 0.717) is 11.4 Å². The van der Waals surface area contributed by atoms with Gasteiger partial charge in [0.15, 0.2) is 6.61 Å². The third-order valence-corrected chi connectivity index (χ3v) is 3.98. The fraction of sp³-hybridized carbons (Fsp3) is 0.263. The van der Waals surface area contributed by atoms with Crippen molar-refractivity contribution in [3.8, 4) is 5.75 Å². The summed E-state index contributed by atoms with van der Waals surface area (Å²) < 4.78 is 41.1. The molecule has 0 saturated heterocycles. The number of nitrogens with zero attached hydrogens (tertiary/aromatic N) is 1. The molecule has 2 N–H and O–H groups in total. The second kappa shape index (κ2) is 7.30. The Labute approximate surface area is 153 Å². The summed E-state index contributed by atoms with van der Waals surface area (Å²) in [6.45, 7) is 2.33. The highest BCUT2D eigenvalue weighted by atomic mass is 19.4. The molecular formula is C19H18F3N3O2. The van der Waals surface area contributed by atoms with Crippen molar-refractivity contribution in [1.82, 2.24) is 15.3 Å². The summed E-state index contributed by atoms with van der Waals surface area (Å²) in [7, 11) is 0. The number of pyridine rings is 1. The lowest BCUT2D eigenvalue weighted by Gasteiger charge is -2.14. The largest absolute Gasteiger partial charge is 0.483 e. The molecule has 0 aliphatic rings. The van der Waals surface area contributed by atoms with Gasteiger partial charge >= 0.3 is 6.18 Å². The number of benzene rings is 1. The number of aryl methyl sites for hydroxylation is 1. The van der Waals surface area contributed by atoms with Crippen LogP contribution in [0.1, 0.15) is 34.7 Å². The predicted octanol–water partition coefficient (Wildman–Crippen LogP) is 4.30. The van der Waals surface area contributed by atoms with Gasteiger partial charge in [0.05, 0.1) is 17.9 Å². The second-order valence-electron chi connectivity index (χ2n) is 6.29. The molecule has 0 radical (unpaired) electrons. The summed E-state index contributed by atoms with van der Waals surface area (Å²) >= 11 is 0. The van der Waals surface area contributed by atoms with Gasteiger partial charge in [-0.15, -0.1) is 0 Å². The average Bonchev–Trinajstić information content (AvgIpc) is 3.03. The molecule has 3 aromatic rings. The number of fused-ring (bicyclic) bond motifs is 1. The number of H-pyrrole nitrogens is 1. The lowest BCUT2D eigenvalue weighted by atomic mass is 10.2. The first kappa shape index (κ1) is 18.8. The zero-order chi connectivity index (χ0) is 19.6. The van der Waals surface area contributed by atoms with Gasteiger partial charge in [-0.25, -0.2) is 0 Å². The van der Waals surface area contributed by atoms with E-state index in [1.807, 2.05) is 25.1 Å². The van der Waals surface area contributed by atoms with Gasteiger partial charge in [0.25, 0.3) is 5.91 Å². The number of aromatic nitrogens is 2. The molecule has 0 fully saturated rings. The van der Waals surface area contributed by atoms with Crippen molar-refractivity contribution < 1.29 is 22.7 Å². The number of halogens is 3. The number of nitrogens with one attached hydrogen (secondary N) is 2. The van der Waals surface area contributed by atoms with E-state index >= 15 is 0 Å². The van der Waals surface area contributed by atoms with Crippen LogP contribution in [0, 0.1) is 6.92 Å². The molecule has 1 amide bonds. The molecule has 3 rings (SSSR count). The number of hydrogen-bond acceptors (Lipinski definition) is 3. The van der Waals surface area contributed by atoms with Crippen molar-refractivity contribution in [2.75, 3.05) is 6.61 Å². The third-order valence-electron chi connectivity index (χ3n) is 3.98. The number of carbonyl (C=O) groups excluding carboxylic acids is 1. The summed E-state index contributed by atoms with van der Waals surface area (Å²) in [5.41, 5.74) is 2.89. The molecule has 1 atom stereocenters. The molecule has 8 heteroatoms. The molecule has 0 aliphatic carbocycles. The topological polar surface area (TPSA) is 67.0 Å². The Balaban J connectivity index is 1.65. The Morgan fingerprint density at radius 1 is 1.26 bits per heavy atom. The Kier molecular flexibility index (Phi) is 5.07. The number of amides is 1. The first-order valence-corrected chi connectivity index (χ1v) is 8.27. The summed E-state index contributed by atoms with van der Waals surface area (Å²) in [6.07, 6.45) is -3.20. The van der Waals surface area contributed by atoms with Crippen LogP contribution in [0.3, 0.4) is 0 Å². The predicted molar refractivity (Wildman–Crippen MR) is 94.7 cm³/mol. The van der Waals surface area contributed by atoms with E-state index in [0.717, 1.165) is 16.5 Å². The molecule has 2 heterocycles. The van der Waals surface area contributed by atoms with Gasteiger partial charge in [0, 0.05) is 10.9 Å². The van der Waals surface area contributed by atoms with Crippen LogP contribution < -0.4 is 10.1 Å². The molecule has 2 aromatic heterocycles. The lowest BCUT2D eigenvalue weighted by molar-refractivity contribution is -0.153. The van der Waals surface area contributed by atoms with E-state index < -0.39 is 18.8 Å². The van der Waals surface area contributed by atoms with Gasteiger partial charge in [-0.2, -0.15) is 13.2 Å². The van der Waals surface area contributed by atoms with Crippen LogP contribution in [-0.4, -0.2) is 28.7 Å². The molecular weight excluding hydrogens is 359 g/mol. The Morgan fingerprint density at radius 3 is 2.70 bits per heavy atom. The highest BCUT2D eigenvalue weighted by molar-refractivity contribution is 5.98. The van der Waals surface area contributed by atoms with Crippen molar-refractivity contribution in [2.45, 2.75) is 26.1 Å². The first-order valence-electron chi connectivity index (χ1n) is 8.27. The van der Waals surface area contributed by atoms with E-state index in [-0.39, 0.29) is 11.7 Å². The molecule has 0 spiro atoms. The molecule has 0 aliphatic heterocycles. The van der Waals surface area contributed by atoms with Crippen molar-refractivity contribution in [2.24, 2.45) is 0 Å². The summed E-state index contributed by atoms with van der Waals surface area (Å²) in [5, 5.41) is 3.74. The van der Waals surface area contributed by atoms with Crippen LogP contribution in [0.15, 0.2) is 42.6 Å². The minimum Gasteiger partial charge on any atom is -0.483 e.